The van der Waals surface area contributed by atoms with Gasteiger partial charge < -0.3 is 15.3 Å². The molecule has 2 N–H and O–H groups in total. The summed E-state index contributed by atoms with van der Waals surface area (Å²) in [6.07, 6.45) is 7.90. The minimum Gasteiger partial charge on any atom is -0.502 e. The van der Waals surface area contributed by atoms with Gasteiger partial charge in [0, 0.05) is 25.3 Å². The number of aromatic nitrogens is 1. The van der Waals surface area contributed by atoms with Crippen molar-refractivity contribution >= 4 is 11.8 Å². The van der Waals surface area contributed by atoms with Crippen molar-refractivity contribution in [2.75, 3.05) is 11.6 Å². The zero-order valence-corrected chi connectivity index (χ0v) is 19.2. The van der Waals surface area contributed by atoms with Crippen molar-refractivity contribution in [3.8, 4) is 5.75 Å². The topological polar surface area (TPSA) is 94.9 Å². The number of amides is 2. The second kappa shape index (κ2) is 8.77. The Balaban J connectivity index is 1.49. The molecule has 3 aliphatic rings. The number of piperidine rings is 1. The van der Waals surface area contributed by atoms with E-state index in [1.54, 1.807) is 13.0 Å². The lowest BCUT2D eigenvalue weighted by atomic mass is 10.0. The summed E-state index contributed by atoms with van der Waals surface area (Å²) in [5, 5.41) is 15.5. The second-order valence-corrected chi connectivity index (χ2v) is 9.46. The first-order valence-electron chi connectivity index (χ1n) is 12.0. The standard InChI is InChI=1S/C25H29FN4O4/c1-15-12-17(26)10-9-16(15)13-27-24(33)19-14-29-21(23(32)22(19)31)25(34)30(18-6-2-3-7-18)20-8-4-5-11-28(20)29/h9-10,12,14,18,20,32H,2-8,11,13H2,1H3,(H,27,33)/t20-/m1/s1. The van der Waals surface area contributed by atoms with Crippen LogP contribution in [0.1, 0.15) is 76.9 Å². The maximum Gasteiger partial charge on any atom is 0.278 e. The molecule has 2 aromatic rings. The molecule has 2 aliphatic heterocycles. The number of benzene rings is 1. The highest BCUT2D eigenvalue weighted by Gasteiger charge is 2.44. The summed E-state index contributed by atoms with van der Waals surface area (Å²) >= 11 is 0. The molecule has 1 atom stereocenters. The molecule has 1 aromatic carbocycles. The number of hydrogen-bond acceptors (Lipinski definition) is 5. The van der Waals surface area contributed by atoms with E-state index in [2.05, 4.69) is 5.32 Å². The Hall–Kier alpha value is -3.36. The van der Waals surface area contributed by atoms with Crippen molar-refractivity contribution in [3.05, 3.63) is 62.8 Å². The predicted octanol–water partition coefficient (Wildman–Crippen LogP) is 2.78. The second-order valence-electron chi connectivity index (χ2n) is 9.46. The summed E-state index contributed by atoms with van der Waals surface area (Å²) in [6.45, 7) is 2.50. The third-order valence-corrected chi connectivity index (χ3v) is 7.35. The summed E-state index contributed by atoms with van der Waals surface area (Å²) in [5.74, 6) is -2.06. The molecular weight excluding hydrogens is 439 g/mol. The van der Waals surface area contributed by atoms with Gasteiger partial charge in [0.15, 0.2) is 11.4 Å². The zero-order valence-electron chi connectivity index (χ0n) is 19.2. The van der Waals surface area contributed by atoms with E-state index < -0.39 is 17.1 Å². The van der Waals surface area contributed by atoms with Gasteiger partial charge in [0.25, 0.3) is 11.8 Å². The SMILES string of the molecule is Cc1cc(F)ccc1CNC(=O)c1cn2c(c(O)c1=O)C(=O)N(C1CCCC1)[C@@H]1CCCCN12. The summed E-state index contributed by atoms with van der Waals surface area (Å²) in [7, 11) is 0. The van der Waals surface area contributed by atoms with Crippen LogP contribution in [0.2, 0.25) is 0 Å². The molecule has 2 fully saturated rings. The maximum atomic E-state index is 13.5. The van der Waals surface area contributed by atoms with E-state index in [1.807, 2.05) is 9.91 Å². The van der Waals surface area contributed by atoms with Crippen molar-refractivity contribution < 1.29 is 19.1 Å². The number of aromatic hydroxyl groups is 1. The molecule has 1 saturated carbocycles. The zero-order chi connectivity index (χ0) is 24.0. The maximum absolute atomic E-state index is 13.5. The summed E-state index contributed by atoms with van der Waals surface area (Å²) < 4.78 is 14.9. The fourth-order valence-electron chi connectivity index (χ4n) is 5.56. The summed E-state index contributed by atoms with van der Waals surface area (Å²) in [4.78, 5) is 41.3. The van der Waals surface area contributed by atoms with Crippen LogP contribution in [0.15, 0.2) is 29.2 Å². The van der Waals surface area contributed by atoms with Crippen molar-refractivity contribution in [1.82, 2.24) is 14.9 Å². The highest BCUT2D eigenvalue weighted by molar-refractivity contribution is 5.99. The Morgan fingerprint density at radius 1 is 1.15 bits per heavy atom. The van der Waals surface area contributed by atoms with Crippen LogP contribution < -0.4 is 15.8 Å². The van der Waals surface area contributed by atoms with Gasteiger partial charge in [-0.15, -0.1) is 0 Å². The first kappa shape index (κ1) is 22.4. The molecule has 1 aromatic heterocycles. The van der Waals surface area contributed by atoms with Crippen molar-refractivity contribution in [3.63, 3.8) is 0 Å². The van der Waals surface area contributed by atoms with Gasteiger partial charge in [-0.1, -0.05) is 18.9 Å². The van der Waals surface area contributed by atoms with Crippen LogP contribution >= 0.6 is 0 Å². The highest BCUT2D eigenvalue weighted by Crippen LogP contribution is 2.35. The van der Waals surface area contributed by atoms with Crippen LogP contribution in [-0.2, 0) is 6.54 Å². The lowest BCUT2D eigenvalue weighted by Crippen LogP contribution is -2.65. The number of carbonyl (C=O) groups is 2. The van der Waals surface area contributed by atoms with Gasteiger partial charge >= 0.3 is 0 Å². The van der Waals surface area contributed by atoms with Gasteiger partial charge in [0.2, 0.25) is 5.43 Å². The first-order valence-corrected chi connectivity index (χ1v) is 12.0. The lowest BCUT2D eigenvalue weighted by Gasteiger charge is -2.51. The van der Waals surface area contributed by atoms with Crippen LogP contribution in [0, 0.1) is 12.7 Å². The molecular formula is C25H29FN4O4. The molecule has 0 bridgehead atoms. The van der Waals surface area contributed by atoms with Gasteiger partial charge in [-0.05, 0) is 62.3 Å². The van der Waals surface area contributed by atoms with Crippen molar-refractivity contribution in [2.45, 2.75) is 70.6 Å². The largest absolute Gasteiger partial charge is 0.502 e. The van der Waals surface area contributed by atoms with Crippen LogP contribution in [-0.4, -0.2) is 45.2 Å². The number of fused-ring (bicyclic) bond motifs is 3. The monoisotopic (exact) mass is 468 g/mol. The molecule has 1 saturated heterocycles. The van der Waals surface area contributed by atoms with Crippen molar-refractivity contribution in [1.29, 1.82) is 0 Å². The number of hydrogen-bond donors (Lipinski definition) is 2. The third-order valence-electron chi connectivity index (χ3n) is 7.35. The molecule has 2 amide bonds. The molecule has 1 aliphatic carbocycles. The Bertz CT molecular complexity index is 1200. The van der Waals surface area contributed by atoms with Gasteiger partial charge in [0.05, 0.1) is 0 Å². The molecule has 8 nitrogen and oxygen atoms in total. The van der Waals surface area contributed by atoms with Crippen LogP contribution in [0.25, 0.3) is 0 Å². The Morgan fingerprint density at radius 2 is 1.88 bits per heavy atom. The number of halogens is 1. The van der Waals surface area contributed by atoms with Gasteiger partial charge in [0.1, 0.15) is 17.5 Å². The molecule has 5 rings (SSSR count). The van der Waals surface area contributed by atoms with E-state index in [4.69, 9.17) is 0 Å². The molecule has 34 heavy (non-hydrogen) atoms. The van der Waals surface area contributed by atoms with E-state index in [9.17, 15) is 23.9 Å². The molecule has 3 heterocycles. The third kappa shape index (κ3) is 3.73. The summed E-state index contributed by atoms with van der Waals surface area (Å²) in [6, 6.07) is 4.37. The van der Waals surface area contributed by atoms with Gasteiger partial charge in [-0.25, -0.2) is 4.39 Å². The normalized spacial score (nSPS) is 20.3. The van der Waals surface area contributed by atoms with E-state index in [0.29, 0.717) is 12.1 Å². The fraction of sp³-hybridized carbons (Fsp3) is 0.480. The fourth-order valence-corrected chi connectivity index (χ4v) is 5.56. The van der Waals surface area contributed by atoms with Crippen LogP contribution in [0.3, 0.4) is 0 Å². The molecule has 0 unspecified atom stereocenters. The Kier molecular flexibility index (Phi) is 5.79. The molecule has 9 heteroatoms. The molecule has 0 spiro atoms. The first-order chi connectivity index (χ1) is 16.4. The van der Waals surface area contributed by atoms with Crippen LogP contribution in [0.4, 0.5) is 4.39 Å². The average Bonchev–Trinajstić information content (AvgIpc) is 3.34. The van der Waals surface area contributed by atoms with Gasteiger partial charge in [-0.2, -0.15) is 0 Å². The van der Waals surface area contributed by atoms with Crippen molar-refractivity contribution in [2.24, 2.45) is 0 Å². The lowest BCUT2D eigenvalue weighted by molar-refractivity contribution is 0.0388. The average molecular weight is 469 g/mol. The smallest absolute Gasteiger partial charge is 0.278 e. The van der Waals surface area contributed by atoms with E-state index >= 15 is 0 Å². The summed E-state index contributed by atoms with van der Waals surface area (Å²) in [5.41, 5.74) is 0.234. The number of aryl methyl sites for hydroxylation is 1. The Labute approximate surface area is 196 Å². The number of rotatable bonds is 4. The number of nitrogens with zero attached hydrogens (tertiary/aromatic N) is 3. The quantitative estimate of drug-likeness (QED) is 0.720. The van der Waals surface area contributed by atoms with Gasteiger partial charge in [-0.3, -0.25) is 24.1 Å². The minimum absolute atomic E-state index is 0.0685. The Morgan fingerprint density at radius 3 is 2.62 bits per heavy atom. The van der Waals surface area contributed by atoms with Crippen LogP contribution in [0.5, 0.6) is 5.75 Å². The minimum atomic E-state index is -0.866. The van der Waals surface area contributed by atoms with E-state index in [1.165, 1.54) is 23.0 Å². The number of carbonyl (C=O) groups excluding carboxylic acids is 2. The van der Waals surface area contributed by atoms with E-state index in [-0.39, 0.29) is 41.7 Å². The predicted molar refractivity (Wildman–Crippen MR) is 124 cm³/mol. The molecule has 0 radical (unpaired) electrons. The molecule has 180 valence electrons. The van der Waals surface area contributed by atoms with E-state index in [0.717, 1.165) is 50.5 Å². The number of nitrogens with one attached hydrogen (secondary N) is 1. The number of pyridine rings is 1. The highest BCUT2D eigenvalue weighted by atomic mass is 19.1.